The van der Waals surface area contributed by atoms with E-state index in [1.54, 1.807) is 11.3 Å². The van der Waals surface area contributed by atoms with Gasteiger partial charge in [-0.15, -0.1) is 0 Å². The number of hydrogen-bond acceptors (Lipinski definition) is 4. The fourth-order valence-corrected chi connectivity index (χ4v) is 4.90. The second kappa shape index (κ2) is 16.8. The first-order valence-electron chi connectivity index (χ1n) is 13.8. The Hall–Kier alpha value is -2.86. The molecule has 0 saturated heterocycles. The van der Waals surface area contributed by atoms with Crippen LogP contribution in [0.1, 0.15) is 81.6 Å². The molecule has 0 atom stereocenters. The normalized spacial score (nSPS) is 10.9. The number of hydrogen-bond donors (Lipinski definition) is 1. The van der Waals surface area contributed by atoms with E-state index >= 15 is 0 Å². The van der Waals surface area contributed by atoms with Gasteiger partial charge in [0.05, 0.1) is 11.5 Å². The predicted octanol–water partition coefficient (Wildman–Crippen LogP) is 7.71. The van der Waals surface area contributed by atoms with Gasteiger partial charge in [-0.05, 0) is 37.6 Å². The third-order valence-electron chi connectivity index (χ3n) is 6.24. The second-order valence-corrected chi connectivity index (χ2v) is 10.8. The maximum atomic E-state index is 12.5. The Morgan fingerprint density at radius 1 is 0.865 bits per heavy atom. The molecule has 200 valence electrons. The maximum absolute atomic E-state index is 12.5. The number of aryl methyl sites for hydroxylation is 1. The van der Waals surface area contributed by atoms with Crippen LogP contribution in [0.5, 0.6) is 11.5 Å². The molecule has 2 aromatic carbocycles. The van der Waals surface area contributed by atoms with Crippen molar-refractivity contribution in [3.63, 3.8) is 0 Å². The maximum Gasteiger partial charge on any atom is 0.262 e. The molecule has 0 aliphatic heterocycles. The van der Waals surface area contributed by atoms with E-state index in [2.05, 4.69) is 41.5 Å². The van der Waals surface area contributed by atoms with Crippen molar-refractivity contribution in [1.82, 2.24) is 0 Å². The molecule has 5 nitrogen and oxygen atoms in total. The molecule has 0 aliphatic carbocycles. The number of nitrogens with zero attached hydrogens (tertiary/aromatic N) is 1. The quantitative estimate of drug-likeness (QED) is 0.137. The zero-order valence-corrected chi connectivity index (χ0v) is 23.4. The van der Waals surface area contributed by atoms with E-state index in [-0.39, 0.29) is 12.5 Å². The van der Waals surface area contributed by atoms with Gasteiger partial charge in [-0.25, -0.2) is 0 Å². The summed E-state index contributed by atoms with van der Waals surface area (Å²) in [5, 5.41) is 2.93. The minimum atomic E-state index is -0.187. The zero-order chi connectivity index (χ0) is 26.1. The van der Waals surface area contributed by atoms with E-state index in [9.17, 15) is 4.79 Å². The largest absolute Gasteiger partial charge is 0.493 e. The Kier molecular flexibility index (Phi) is 13.0. The molecule has 0 spiro atoms. The van der Waals surface area contributed by atoms with Gasteiger partial charge in [0.2, 0.25) is 5.51 Å². The average Bonchev–Trinajstić information content (AvgIpc) is 3.31. The van der Waals surface area contributed by atoms with Crippen molar-refractivity contribution >= 4 is 22.9 Å². The van der Waals surface area contributed by atoms with Crippen molar-refractivity contribution < 1.29 is 18.8 Å². The van der Waals surface area contributed by atoms with Crippen molar-refractivity contribution in [2.45, 2.75) is 84.6 Å². The van der Waals surface area contributed by atoms with Gasteiger partial charge < -0.3 is 14.8 Å². The monoisotopic (exact) mass is 523 g/mol. The summed E-state index contributed by atoms with van der Waals surface area (Å²) in [6.07, 6.45) is 15.2. The van der Waals surface area contributed by atoms with Crippen LogP contribution in [0.4, 0.5) is 5.69 Å². The minimum absolute atomic E-state index is 0.0510. The number of aromatic nitrogens is 1. The van der Waals surface area contributed by atoms with Gasteiger partial charge in [0.15, 0.2) is 19.3 Å². The number of unbranched alkanes of at least 4 members (excludes halogenated alkanes) is 9. The lowest BCUT2D eigenvalue weighted by Gasteiger charge is -2.10. The molecule has 37 heavy (non-hydrogen) atoms. The van der Waals surface area contributed by atoms with E-state index in [4.69, 9.17) is 9.47 Å². The number of carbonyl (C=O) groups is 1. The van der Waals surface area contributed by atoms with E-state index in [0.29, 0.717) is 12.4 Å². The summed E-state index contributed by atoms with van der Waals surface area (Å²) in [6.45, 7) is 5.79. The number of thiazole rings is 1. The highest BCUT2D eigenvalue weighted by Crippen LogP contribution is 2.20. The number of ether oxygens (including phenoxy) is 2. The highest BCUT2D eigenvalue weighted by molar-refractivity contribution is 7.09. The summed E-state index contributed by atoms with van der Waals surface area (Å²) >= 11 is 1.72. The van der Waals surface area contributed by atoms with Crippen LogP contribution >= 0.6 is 11.3 Å². The van der Waals surface area contributed by atoms with Crippen LogP contribution in [0.3, 0.4) is 0 Å². The van der Waals surface area contributed by atoms with Gasteiger partial charge in [0.25, 0.3) is 5.91 Å². The molecular weight excluding hydrogens is 480 g/mol. The number of nitrogens with one attached hydrogen (secondary N) is 1. The molecular formula is C31H43N2O3S+. The van der Waals surface area contributed by atoms with Crippen LogP contribution in [-0.4, -0.2) is 19.1 Å². The smallest absolute Gasteiger partial charge is 0.262 e. The lowest BCUT2D eigenvalue weighted by atomic mass is 10.1. The number of benzene rings is 2. The van der Waals surface area contributed by atoms with Crippen LogP contribution in [0.2, 0.25) is 0 Å². The lowest BCUT2D eigenvalue weighted by molar-refractivity contribution is -0.683. The lowest BCUT2D eigenvalue weighted by Crippen LogP contribution is -2.30. The summed E-state index contributed by atoms with van der Waals surface area (Å²) in [5.41, 5.74) is 4.00. The van der Waals surface area contributed by atoms with E-state index in [1.165, 1.54) is 62.7 Å². The summed E-state index contributed by atoms with van der Waals surface area (Å²) in [7, 11) is 0. The van der Waals surface area contributed by atoms with Crippen LogP contribution in [0, 0.1) is 6.92 Å². The van der Waals surface area contributed by atoms with Crippen molar-refractivity contribution in [2.24, 2.45) is 0 Å². The topological polar surface area (TPSA) is 51.4 Å². The number of amides is 1. The Morgan fingerprint density at radius 2 is 1.54 bits per heavy atom. The summed E-state index contributed by atoms with van der Waals surface area (Å²) in [5.74, 6) is 1.23. The molecule has 0 radical (unpaired) electrons. The SMILES string of the molecule is CCCCCCCCCCCCOc1cccc(OCC(=O)Nc2cccc(C[n+]3csc(C)c3)c2)c1. The molecule has 3 rings (SSSR count). The molecule has 1 aromatic heterocycles. The van der Waals surface area contributed by atoms with E-state index in [0.717, 1.165) is 30.0 Å². The molecule has 3 aromatic rings. The molecule has 1 amide bonds. The first-order chi connectivity index (χ1) is 18.1. The summed E-state index contributed by atoms with van der Waals surface area (Å²) in [4.78, 5) is 13.7. The number of carbonyl (C=O) groups excluding carboxylic acids is 1. The zero-order valence-electron chi connectivity index (χ0n) is 22.5. The van der Waals surface area contributed by atoms with Gasteiger partial charge in [-0.1, -0.05) is 94.2 Å². The van der Waals surface area contributed by atoms with Crippen molar-refractivity contribution in [3.05, 3.63) is 70.7 Å². The Labute approximate surface area is 226 Å². The Morgan fingerprint density at radius 3 is 2.24 bits per heavy atom. The predicted molar refractivity (Wildman–Crippen MR) is 153 cm³/mol. The Balaban J connectivity index is 1.31. The molecule has 1 heterocycles. The fourth-order valence-electron chi connectivity index (χ4n) is 4.27. The summed E-state index contributed by atoms with van der Waals surface area (Å²) in [6, 6.07) is 15.4. The third kappa shape index (κ3) is 11.8. The summed E-state index contributed by atoms with van der Waals surface area (Å²) < 4.78 is 13.8. The van der Waals surface area contributed by atoms with Crippen molar-refractivity contribution in [3.8, 4) is 11.5 Å². The highest BCUT2D eigenvalue weighted by atomic mass is 32.1. The number of anilines is 1. The van der Waals surface area contributed by atoms with Gasteiger partial charge in [0, 0.05) is 17.3 Å². The van der Waals surface area contributed by atoms with Gasteiger partial charge in [0.1, 0.15) is 11.5 Å². The second-order valence-electron chi connectivity index (χ2n) is 9.68. The van der Waals surface area contributed by atoms with Crippen molar-refractivity contribution in [1.29, 1.82) is 0 Å². The molecule has 6 heteroatoms. The molecule has 0 fully saturated rings. The first kappa shape index (κ1) is 28.7. The molecule has 1 N–H and O–H groups in total. The molecule has 0 saturated carbocycles. The molecule has 0 bridgehead atoms. The molecule has 0 aliphatic rings. The van der Waals surface area contributed by atoms with Crippen LogP contribution in [-0.2, 0) is 11.3 Å². The Bertz CT molecular complexity index is 1070. The third-order valence-corrected chi connectivity index (χ3v) is 7.09. The van der Waals surface area contributed by atoms with E-state index in [1.807, 2.05) is 42.5 Å². The number of rotatable bonds is 18. The van der Waals surface area contributed by atoms with Gasteiger partial charge in [-0.3, -0.25) is 4.79 Å². The fraction of sp³-hybridized carbons (Fsp3) is 0.484. The standard InChI is InChI=1S/C31H42N2O3S/c1-3-4-5-6-7-8-9-10-11-12-19-35-29-17-14-18-30(21-29)36-24-31(34)32-28-16-13-15-27(20-28)23-33-22-26(2)37-25-33/h13-18,20-22,25H,3-12,19,23-24H2,1-2H3/p+1. The first-order valence-corrected chi connectivity index (χ1v) is 14.7. The molecule has 0 unspecified atom stereocenters. The van der Waals surface area contributed by atoms with Gasteiger partial charge >= 0.3 is 0 Å². The van der Waals surface area contributed by atoms with Crippen molar-refractivity contribution in [2.75, 3.05) is 18.5 Å². The van der Waals surface area contributed by atoms with E-state index < -0.39 is 0 Å². The van der Waals surface area contributed by atoms with Gasteiger partial charge in [-0.2, -0.15) is 4.57 Å². The van der Waals surface area contributed by atoms with Crippen LogP contribution in [0.25, 0.3) is 0 Å². The highest BCUT2D eigenvalue weighted by Gasteiger charge is 2.09. The minimum Gasteiger partial charge on any atom is -0.493 e. The average molecular weight is 524 g/mol. The van der Waals surface area contributed by atoms with Crippen LogP contribution < -0.4 is 19.4 Å². The van der Waals surface area contributed by atoms with Crippen LogP contribution in [0.15, 0.2) is 60.2 Å².